The van der Waals surface area contributed by atoms with Crippen molar-refractivity contribution in [2.24, 2.45) is 0 Å². The van der Waals surface area contributed by atoms with Crippen LogP contribution in [-0.2, 0) is 35.6 Å². The van der Waals surface area contributed by atoms with E-state index in [0.29, 0.717) is 42.8 Å². The van der Waals surface area contributed by atoms with Crippen LogP contribution < -0.4 is 16.6 Å². The molecule has 0 radical (unpaired) electrons. The highest BCUT2D eigenvalue weighted by molar-refractivity contribution is 5.81. The summed E-state index contributed by atoms with van der Waals surface area (Å²) in [5.41, 5.74) is 1.48. The number of fused-ring (bicyclic) bond motifs is 1. The summed E-state index contributed by atoms with van der Waals surface area (Å²) in [6.07, 6.45) is 2.45. The van der Waals surface area contributed by atoms with Crippen LogP contribution in [0.4, 0.5) is 0 Å². The molecule has 1 aromatic carbocycles. The van der Waals surface area contributed by atoms with Crippen molar-refractivity contribution >= 4 is 16.9 Å². The molecule has 1 aliphatic rings. The van der Waals surface area contributed by atoms with Crippen molar-refractivity contribution in [1.82, 2.24) is 24.2 Å². The molecule has 0 spiro atoms. The normalized spacial score (nSPS) is 16.0. The third-order valence-electron chi connectivity index (χ3n) is 5.89. The van der Waals surface area contributed by atoms with Gasteiger partial charge in [0.15, 0.2) is 5.52 Å². The van der Waals surface area contributed by atoms with Crippen molar-refractivity contribution < 1.29 is 9.53 Å². The Kier molecular flexibility index (Phi) is 6.55. The summed E-state index contributed by atoms with van der Waals surface area (Å²) in [6.45, 7) is 5.31. The van der Waals surface area contributed by atoms with Gasteiger partial charge in [0, 0.05) is 26.2 Å². The minimum atomic E-state index is -0.496. The number of hydrogen-bond donors (Lipinski definition) is 1. The Labute approximate surface area is 185 Å². The van der Waals surface area contributed by atoms with Crippen LogP contribution in [0.25, 0.3) is 11.0 Å². The Morgan fingerprint density at radius 2 is 1.97 bits per heavy atom. The van der Waals surface area contributed by atoms with E-state index >= 15 is 0 Å². The molecule has 0 bridgehead atoms. The van der Waals surface area contributed by atoms with Gasteiger partial charge in [0.25, 0.3) is 5.56 Å². The molecule has 2 aromatic heterocycles. The van der Waals surface area contributed by atoms with Crippen LogP contribution >= 0.6 is 0 Å². The van der Waals surface area contributed by atoms with Crippen LogP contribution in [0.5, 0.6) is 0 Å². The minimum Gasteiger partial charge on any atom is -0.376 e. The second-order valence-electron chi connectivity index (χ2n) is 8.10. The van der Waals surface area contributed by atoms with Gasteiger partial charge < -0.3 is 10.1 Å². The first kappa shape index (κ1) is 22.0. The van der Waals surface area contributed by atoms with Crippen LogP contribution in [0, 0.1) is 6.92 Å². The number of carbonyl (C=O) groups is 1. The van der Waals surface area contributed by atoms with Gasteiger partial charge in [0.1, 0.15) is 12.1 Å². The molecule has 0 unspecified atom stereocenters. The summed E-state index contributed by atoms with van der Waals surface area (Å²) in [5.74, 6) is -0.291. The van der Waals surface area contributed by atoms with Crippen molar-refractivity contribution in [2.45, 2.75) is 58.8 Å². The third kappa shape index (κ3) is 4.38. The number of ether oxygens (including phenoxy) is 1. The summed E-state index contributed by atoms with van der Waals surface area (Å²) in [7, 11) is 0. The molecule has 1 amide bonds. The van der Waals surface area contributed by atoms with E-state index in [1.807, 2.05) is 37.3 Å². The number of aromatic nitrogens is 4. The van der Waals surface area contributed by atoms with Crippen molar-refractivity contribution in [3.63, 3.8) is 0 Å². The second-order valence-corrected chi connectivity index (χ2v) is 8.10. The number of nitrogens with one attached hydrogen (secondary N) is 1. The van der Waals surface area contributed by atoms with Gasteiger partial charge in [0.2, 0.25) is 5.91 Å². The van der Waals surface area contributed by atoms with Crippen molar-refractivity contribution in [2.75, 3.05) is 13.2 Å². The number of rotatable bonds is 8. The van der Waals surface area contributed by atoms with Gasteiger partial charge in [-0.1, -0.05) is 30.3 Å². The zero-order valence-electron chi connectivity index (χ0n) is 18.5. The highest BCUT2D eigenvalue weighted by atomic mass is 16.5. The largest absolute Gasteiger partial charge is 0.376 e. The molecule has 4 rings (SSSR count). The van der Waals surface area contributed by atoms with Crippen LogP contribution in [0.1, 0.15) is 31.0 Å². The van der Waals surface area contributed by atoms with Crippen LogP contribution in [0.2, 0.25) is 0 Å². The standard InChI is InChI=1S/C23H29N5O4/c1-3-28-21-20(16(2)25-28)27(15-19(29)24-14-18-10-7-13-32-18)23(31)26(22(21)30)12-11-17-8-5-4-6-9-17/h4-6,8-9,18H,3,7,10-15H2,1-2H3,(H,24,29)/t18-/m1/s1. The maximum Gasteiger partial charge on any atom is 0.332 e. The lowest BCUT2D eigenvalue weighted by Crippen LogP contribution is -2.44. The second kappa shape index (κ2) is 9.52. The number of nitrogens with zero attached hydrogens (tertiary/aromatic N) is 4. The van der Waals surface area contributed by atoms with E-state index in [1.54, 1.807) is 11.6 Å². The molecule has 1 aliphatic heterocycles. The molecule has 1 atom stereocenters. The zero-order chi connectivity index (χ0) is 22.7. The molecular weight excluding hydrogens is 410 g/mol. The fourth-order valence-corrected chi connectivity index (χ4v) is 4.25. The lowest BCUT2D eigenvalue weighted by molar-refractivity contribution is -0.122. The summed E-state index contributed by atoms with van der Waals surface area (Å²) >= 11 is 0. The molecule has 1 saturated heterocycles. The highest BCUT2D eigenvalue weighted by Crippen LogP contribution is 2.14. The molecule has 1 fully saturated rings. The molecule has 3 aromatic rings. The Bertz CT molecular complexity index is 1220. The number of benzene rings is 1. The molecule has 9 heteroatoms. The number of aryl methyl sites for hydroxylation is 3. The molecule has 0 aliphatic carbocycles. The Morgan fingerprint density at radius 3 is 2.66 bits per heavy atom. The predicted molar refractivity (Wildman–Crippen MR) is 121 cm³/mol. The van der Waals surface area contributed by atoms with Crippen molar-refractivity contribution in [3.05, 3.63) is 62.4 Å². The Balaban J connectivity index is 1.69. The van der Waals surface area contributed by atoms with E-state index in [4.69, 9.17) is 4.74 Å². The average molecular weight is 440 g/mol. The summed E-state index contributed by atoms with van der Waals surface area (Å²) in [5, 5.41) is 7.30. The topological polar surface area (TPSA) is 100 Å². The average Bonchev–Trinajstić information content (AvgIpc) is 3.43. The summed E-state index contributed by atoms with van der Waals surface area (Å²) < 4.78 is 9.75. The van der Waals surface area contributed by atoms with Gasteiger partial charge >= 0.3 is 5.69 Å². The quantitative estimate of drug-likeness (QED) is 0.569. The summed E-state index contributed by atoms with van der Waals surface area (Å²) in [4.78, 5) is 39.3. The van der Waals surface area contributed by atoms with Crippen LogP contribution in [0.3, 0.4) is 0 Å². The molecule has 9 nitrogen and oxygen atoms in total. The van der Waals surface area contributed by atoms with E-state index in [9.17, 15) is 14.4 Å². The van der Waals surface area contributed by atoms with Gasteiger partial charge in [-0.05, 0) is 38.7 Å². The minimum absolute atomic E-state index is 0.0140. The van der Waals surface area contributed by atoms with Crippen molar-refractivity contribution in [3.8, 4) is 0 Å². The Hall–Kier alpha value is -3.20. The first-order chi connectivity index (χ1) is 15.5. The maximum atomic E-state index is 13.4. The van der Waals surface area contributed by atoms with Gasteiger partial charge in [0.05, 0.1) is 11.8 Å². The first-order valence-electron chi connectivity index (χ1n) is 11.1. The molecule has 3 heterocycles. The molecule has 0 saturated carbocycles. The maximum absolute atomic E-state index is 13.4. The molecule has 32 heavy (non-hydrogen) atoms. The van der Waals surface area contributed by atoms with Gasteiger partial charge in [-0.3, -0.25) is 23.4 Å². The van der Waals surface area contributed by atoms with E-state index in [1.165, 1.54) is 9.13 Å². The van der Waals surface area contributed by atoms with E-state index < -0.39 is 5.69 Å². The SMILES string of the molecule is CCn1nc(C)c2c1c(=O)n(CCc1ccccc1)c(=O)n2CC(=O)NC[C@H]1CCCO1. The molecule has 1 N–H and O–H groups in total. The third-order valence-corrected chi connectivity index (χ3v) is 5.89. The fraction of sp³-hybridized carbons (Fsp3) is 0.478. The monoisotopic (exact) mass is 439 g/mol. The highest BCUT2D eigenvalue weighted by Gasteiger charge is 2.22. The van der Waals surface area contributed by atoms with E-state index in [2.05, 4.69) is 10.4 Å². The van der Waals surface area contributed by atoms with Crippen LogP contribution in [0.15, 0.2) is 39.9 Å². The van der Waals surface area contributed by atoms with Crippen LogP contribution in [-0.4, -0.2) is 44.1 Å². The summed E-state index contributed by atoms with van der Waals surface area (Å²) in [6, 6.07) is 9.69. The van der Waals surface area contributed by atoms with Gasteiger partial charge in [-0.2, -0.15) is 5.10 Å². The fourth-order valence-electron chi connectivity index (χ4n) is 4.25. The van der Waals surface area contributed by atoms with Gasteiger partial charge in [-0.15, -0.1) is 0 Å². The molecule has 170 valence electrons. The lowest BCUT2D eigenvalue weighted by atomic mass is 10.1. The van der Waals surface area contributed by atoms with Gasteiger partial charge in [-0.25, -0.2) is 4.79 Å². The van der Waals surface area contributed by atoms with E-state index in [-0.39, 0.29) is 30.7 Å². The van der Waals surface area contributed by atoms with E-state index in [0.717, 1.165) is 18.4 Å². The zero-order valence-corrected chi connectivity index (χ0v) is 18.5. The first-order valence-corrected chi connectivity index (χ1v) is 11.1. The van der Waals surface area contributed by atoms with Crippen molar-refractivity contribution in [1.29, 1.82) is 0 Å². The number of hydrogen-bond acceptors (Lipinski definition) is 5. The smallest absolute Gasteiger partial charge is 0.332 e. The lowest BCUT2D eigenvalue weighted by Gasteiger charge is -2.14. The number of carbonyl (C=O) groups excluding carboxylic acids is 1. The number of amides is 1. The predicted octanol–water partition coefficient (Wildman–Crippen LogP) is 1.23. The Morgan fingerprint density at radius 1 is 1.19 bits per heavy atom. The molecular formula is C23H29N5O4.